The largest absolute Gasteiger partial charge is 0.493 e. The fourth-order valence-corrected chi connectivity index (χ4v) is 3.19. The maximum absolute atomic E-state index is 13.1. The van der Waals surface area contributed by atoms with Crippen molar-refractivity contribution >= 4 is 11.9 Å². The van der Waals surface area contributed by atoms with Crippen molar-refractivity contribution in [2.75, 3.05) is 19.7 Å². The Kier molecular flexibility index (Phi) is 3.93. The van der Waals surface area contributed by atoms with Crippen molar-refractivity contribution in [2.45, 2.75) is 25.4 Å². The summed E-state index contributed by atoms with van der Waals surface area (Å²) in [4.78, 5) is 24.4. The Balaban J connectivity index is 1.72. The number of fused-ring (bicyclic) bond motifs is 1. The third-order valence-electron chi connectivity index (χ3n) is 4.68. The molecule has 1 atom stereocenters. The summed E-state index contributed by atoms with van der Waals surface area (Å²) in [5.41, 5.74) is -1.21. The number of alkyl halides is 3. The van der Waals surface area contributed by atoms with Crippen LogP contribution in [-0.2, 0) is 22.4 Å². The number of nitrogens with zero attached hydrogens (tertiary/aromatic N) is 1. The smallest absolute Gasteiger partial charge is 0.406 e. The zero-order chi connectivity index (χ0) is 17.5. The van der Waals surface area contributed by atoms with Gasteiger partial charge in [-0.15, -0.1) is 0 Å². The van der Waals surface area contributed by atoms with Crippen LogP contribution >= 0.6 is 0 Å². The van der Waals surface area contributed by atoms with Crippen LogP contribution in [0.15, 0.2) is 18.2 Å². The first-order valence-corrected chi connectivity index (χ1v) is 7.55. The summed E-state index contributed by atoms with van der Waals surface area (Å²) < 4.78 is 44.8. The van der Waals surface area contributed by atoms with Gasteiger partial charge in [0.25, 0.3) is 0 Å². The van der Waals surface area contributed by atoms with Crippen LogP contribution in [0.3, 0.4) is 0 Å². The maximum Gasteiger partial charge on any atom is 0.406 e. The lowest BCUT2D eigenvalue weighted by atomic mass is 9.86. The van der Waals surface area contributed by atoms with E-state index in [0.29, 0.717) is 12.2 Å². The van der Waals surface area contributed by atoms with Gasteiger partial charge in [-0.1, -0.05) is 12.1 Å². The standard InChI is InChI=1S/C16H16F3NO4/c17-16(18,19)15(14(22)23)4-5-20(9-15)13(21)8-10-1-2-12-11(7-10)3-6-24-12/h1-2,7H,3-6,8-9H2,(H,22,23). The van der Waals surface area contributed by atoms with Gasteiger partial charge in [0, 0.05) is 19.5 Å². The molecule has 0 bridgehead atoms. The van der Waals surface area contributed by atoms with E-state index in [2.05, 4.69) is 0 Å². The fraction of sp³-hybridized carbons (Fsp3) is 0.500. The molecule has 1 unspecified atom stereocenters. The molecule has 1 N–H and O–H groups in total. The van der Waals surface area contributed by atoms with Crippen LogP contribution in [0, 0.1) is 5.41 Å². The van der Waals surface area contributed by atoms with E-state index >= 15 is 0 Å². The average molecular weight is 343 g/mol. The van der Waals surface area contributed by atoms with Gasteiger partial charge in [0.15, 0.2) is 5.41 Å². The molecule has 0 radical (unpaired) electrons. The second-order valence-corrected chi connectivity index (χ2v) is 6.17. The molecule has 1 saturated heterocycles. The number of halogens is 3. The monoisotopic (exact) mass is 343 g/mol. The lowest BCUT2D eigenvalue weighted by molar-refractivity contribution is -0.227. The third-order valence-corrected chi connectivity index (χ3v) is 4.68. The molecule has 0 saturated carbocycles. The van der Waals surface area contributed by atoms with Crippen LogP contribution in [-0.4, -0.2) is 47.8 Å². The second kappa shape index (κ2) is 5.68. The van der Waals surface area contributed by atoms with Crippen molar-refractivity contribution in [3.05, 3.63) is 29.3 Å². The Bertz CT molecular complexity index is 688. The molecule has 1 aromatic rings. The zero-order valence-corrected chi connectivity index (χ0v) is 12.7. The van der Waals surface area contributed by atoms with Gasteiger partial charge in [-0.3, -0.25) is 9.59 Å². The van der Waals surface area contributed by atoms with Crippen molar-refractivity contribution in [3.8, 4) is 5.75 Å². The summed E-state index contributed by atoms with van der Waals surface area (Å²) in [5, 5.41) is 9.02. The van der Waals surface area contributed by atoms with Crippen LogP contribution in [0.2, 0.25) is 0 Å². The van der Waals surface area contributed by atoms with Crippen molar-refractivity contribution in [2.24, 2.45) is 5.41 Å². The van der Waals surface area contributed by atoms with Crippen LogP contribution in [0.1, 0.15) is 17.5 Å². The minimum Gasteiger partial charge on any atom is -0.493 e. The highest BCUT2D eigenvalue weighted by Crippen LogP contribution is 2.45. The predicted octanol–water partition coefficient (Wildman–Crippen LogP) is 2.03. The number of ether oxygens (including phenoxy) is 1. The SMILES string of the molecule is O=C(Cc1ccc2c(c1)CCO2)N1CCC(C(=O)O)(C(F)(F)F)C1. The molecule has 5 nitrogen and oxygen atoms in total. The number of carbonyl (C=O) groups excluding carboxylic acids is 1. The van der Waals surface area contributed by atoms with Gasteiger partial charge in [-0.05, 0) is 23.6 Å². The van der Waals surface area contributed by atoms with E-state index in [1.165, 1.54) is 0 Å². The number of carbonyl (C=O) groups is 2. The molecule has 0 aromatic heterocycles. The molecule has 2 aliphatic rings. The van der Waals surface area contributed by atoms with Crippen LogP contribution < -0.4 is 4.74 Å². The van der Waals surface area contributed by atoms with Gasteiger partial charge in [0.05, 0.1) is 13.0 Å². The van der Waals surface area contributed by atoms with Crippen LogP contribution in [0.25, 0.3) is 0 Å². The number of carboxylic acids is 1. The number of carboxylic acid groups (broad SMARTS) is 1. The molecule has 2 heterocycles. The van der Waals surface area contributed by atoms with Gasteiger partial charge in [0.1, 0.15) is 5.75 Å². The highest BCUT2D eigenvalue weighted by atomic mass is 19.4. The summed E-state index contributed by atoms with van der Waals surface area (Å²) in [5.74, 6) is -1.67. The van der Waals surface area contributed by atoms with Gasteiger partial charge in [0.2, 0.25) is 5.91 Å². The highest BCUT2D eigenvalue weighted by Gasteiger charge is 2.64. The van der Waals surface area contributed by atoms with Crippen molar-refractivity contribution in [3.63, 3.8) is 0 Å². The summed E-state index contributed by atoms with van der Waals surface area (Å²) in [6.07, 6.45) is -4.83. The van der Waals surface area contributed by atoms with E-state index in [0.717, 1.165) is 22.6 Å². The maximum atomic E-state index is 13.1. The number of amides is 1. The topological polar surface area (TPSA) is 66.8 Å². The Hall–Kier alpha value is -2.25. The van der Waals surface area contributed by atoms with Crippen molar-refractivity contribution in [1.82, 2.24) is 4.90 Å². The molecule has 0 aliphatic carbocycles. The number of aliphatic carboxylic acids is 1. The minimum absolute atomic E-state index is 0.0547. The molecule has 0 spiro atoms. The summed E-state index contributed by atoms with van der Waals surface area (Å²) in [6.45, 7) is -0.469. The van der Waals surface area contributed by atoms with E-state index < -0.39 is 36.4 Å². The fourth-order valence-electron chi connectivity index (χ4n) is 3.19. The van der Waals surface area contributed by atoms with E-state index in [1.807, 2.05) is 6.07 Å². The number of rotatable bonds is 3. The van der Waals surface area contributed by atoms with Crippen molar-refractivity contribution < 1.29 is 32.6 Å². The Morgan fingerprint density at radius 1 is 1.33 bits per heavy atom. The lowest BCUT2D eigenvalue weighted by Gasteiger charge is -2.27. The predicted molar refractivity (Wildman–Crippen MR) is 76.7 cm³/mol. The first-order valence-electron chi connectivity index (χ1n) is 7.55. The molecular weight excluding hydrogens is 327 g/mol. The zero-order valence-electron chi connectivity index (χ0n) is 12.7. The van der Waals surface area contributed by atoms with E-state index in [4.69, 9.17) is 9.84 Å². The normalized spacial score (nSPS) is 23.0. The molecule has 8 heteroatoms. The van der Waals surface area contributed by atoms with E-state index in [-0.39, 0.29) is 13.0 Å². The summed E-state index contributed by atoms with van der Waals surface area (Å²) in [6, 6.07) is 5.25. The summed E-state index contributed by atoms with van der Waals surface area (Å²) >= 11 is 0. The van der Waals surface area contributed by atoms with Gasteiger partial charge in [-0.25, -0.2) is 0 Å². The average Bonchev–Trinajstić information content (AvgIpc) is 3.13. The molecule has 130 valence electrons. The van der Waals surface area contributed by atoms with Gasteiger partial charge >= 0.3 is 12.1 Å². The number of hydrogen-bond donors (Lipinski definition) is 1. The third kappa shape index (κ3) is 2.70. The molecule has 2 aliphatic heterocycles. The van der Waals surface area contributed by atoms with Gasteiger partial charge in [-0.2, -0.15) is 13.2 Å². The number of hydrogen-bond acceptors (Lipinski definition) is 3. The van der Waals surface area contributed by atoms with Crippen LogP contribution in [0.5, 0.6) is 5.75 Å². The Morgan fingerprint density at radius 3 is 2.71 bits per heavy atom. The molecule has 1 aromatic carbocycles. The molecule has 24 heavy (non-hydrogen) atoms. The second-order valence-electron chi connectivity index (χ2n) is 6.17. The quantitative estimate of drug-likeness (QED) is 0.912. The Morgan fingerprint density at radius 2 is 2.08 bits per heavy atom. The van der Waals surface area contributed by atoms with Crippen LogP contribution in [0.4, 0.5) is 13.2 Å². The van der Waals surface area contributed by atoms with Crippen molar-refractivity contribution in [1.29, 1.82) is 0 Å². The minimum atomic E-state index is -4.89. The first kappa shape index (κ1) is 16.6. The molecular formula is C16H16F3NO4. The molecule has 1 amide bonds. The lowest BCUT2D eigenvalue weighted by Crippen LogP contribution is -2.47. The number of benzene rings is 1. The summed E-state index contributed by atoms with van der Waals surface area (Å²) in [7, 11) is 0. The van der Waals surface area contributed by atoms with E-state index in [1.54, 1.807) is 12.1 Å². The first-order chi connectivity index (χ1) is 11.2. The molecule has 1 fully saturated rings. The van der Waals surface area contributed by atoms with Gasteiger partial charge < -0.3 is 14.7 Å². The highest BCUT2D eigenvalue weighted by molar-refractivity contribution is 5.82. The molecule has 3 rings (SSSR count). The number of likely N-dealkylation sites (tertiary alicyclic amines) is 1. The van der Waals surface area contributed by atoms with E-state index in [9.17, 15) is 22.8 Å². The Labute approximate surface area is 136 Å².